The van der Waals surface area contributed by atoms with Crippen molar-refractivity contribution in [1.29, 1.82) is 0 Å². The summed E-state index contributed by atoms with van der Waals surface area (Å²) in [6.07, 6.45) is 11.1. The third-order valence-corrected chi connectivity index (χ3v) is 9.97. The number of hydrogen-bond donors (Lipinski definition) is 1. The first-order valence-corrected chi connectivity index (χ1v) is 14.3. The molecule has 38 heavy (non-hydrogen) atoms. The molecule has 2 heterocycles. The molecule has 0 spiro atoms. The predicted octanol–water partition coefficient (Wildman–Crippen LogP) is 7.30. The lowest BCUT2D eigenvalue weighted by molar-refractivity contribution is -0.00519. The van der Waals surface area contributed by atoms with Gasteiger partial charge in [0.2, 0.25) is 0 Å². The van der Waals surface area contributed by atoms with E-state index >= 15 is 0 Å². The van der Waals surface area contributed by atoms with Crippen LogP contribution >= 0.6 is 11.6 Å². The fourth-order valence-corrected chi connectivity index (χ4v) is 8.52. The van der Waals surface area contributed by atoms with Gasteiger partial charge < -0.3 is 15.0 Å². The van der Waals surface area contributed by atoms with Gasteiger partial charge in [0.25, 0.3) is 0 Å². The molecule has 1 aromatic heterocycles. The largest absolute Gasteiger partial charge is 0.465 e. The zero-order valence-corrected chi connectivity index (χ0v) is 22.6. The van der Waals surface area contributed by atoms with Gasteiger partial charge in [-0.15, -0.1) is 0 Å². The van der Waals surface area contributed by atoms with E-state index in [9.17, 15) is 4.79 Å². The van der Waals surface area contributed by atoms with Crippen LogP contribution in [0.25, 0.3) is 0 Å². The maximum absolute atomic E-state index is 12.2. The summed E-state index contributed by atoms with van der Waals surface area (Å²) in [6, 6.07) is 16.8. The minimum absolute atomic E-state index is 0.367. The molecule has 3 aromatic rings. The lowest BCUT2D eigenvalue weighted by atomic mass is 9.48. The number of benzene rings is 2. The van der Waals surface area contributed by atoms with E-state index in [1.807, 2.05) is 6.07 Å². The smallest absolute Gasteiger partial charge is 0.341 e. The normalized spacial score (nSPS) is 26.9. The van der Waals surface area contributed by atoms with Gasteiger partial charge in [-0.1, -0.05) is 29.8 Å². The average molecular weight is 528 g/mol. The highest BCUT2D eigenvalue weighted by atomic mass is 35.5. The molecular weight excluding hydrogens is 494 g/mol. The maximum Gasteiger partial charge on any atom is 0.341 e. The SMILES string of the molecule is COC(=O)c1cccnc1Nc1ccc2c(c1)N(Cc1ccc(C34CC5CC(CC(C5)C3)C4)cc1Cl)CC2. The number of nitrogens with zero attached hydrogens (tertiary/aromatic N) is 2. The number of esters is 1. The van der Waals surface area contributed by atoms with Crippen LogP contribution in [0.15, 0.2) is 54.7 Å². The quantitative estimate of drug-likeness (QED) is 0.341. The summed E-state index contributed by atoms with van der Waals surface area (Å²) in [5.41, 5.74) is 6.87. The van der Waals surface area contributed by atoms with E-state index in [1.165, 1.54) is 68.0 Å². The monoisotopic (exact) mass is 527 g/mol. The standard InChI is InChI=1S/C32H34ClN3O2/c1-38-31(37)27-3-2-9-34-30(27)35-26-7-5-23-8-10-36(29(23)15-26)19-24-4-6-25(14-28(24)33)32-16-20-11-21(17-32)13-22(12-20)18-32/h2-7,9,14-15,20-22H,8,10-13,16-19H2,1H3,(H,34,35). The second-order valence-corrected chi connectivity index (χ2v) is 12.4. The Hall–Kier alpha value is -3.05. The van der Waals surface area contributed by atoms with Gasteiger partial charge in [-0.3, -0.25) is 0 Å². The molecule has 4 aliphatic carbocycles. The maximum atomic E-state index is 12.2. The molecule has 5 aliphatic rings. The van der Waals surface area contributed by atoms with Crippen molar-refractivity contribution in [3.63, 3.8) is 0 Å². The van der Waals surface area contributed by atoms with Crippen LogP contribution in [-0.2, 0) is 23.1 Å². The molecule has 1 N–H and O–H groups in total. The van der Waals surface area contributed by atoms with Gasteiger partial charge in [0.15, 0.2) is 0 Å². The molecule has 8 rings (SSSR count). The minimum Gasteiger partial charge on any atom is -0.465 e. The van der Waals surface area contributed by atoms with Crippen molar-refractivity contribution < 1.29 is 9.53 Å². The number of hydrogen-bond acceptors (Lipinski definition) is 5. The molecule has 6 heteroatoms. The molecule has 0 amide bonds. The van der Waals surface area contributed by atoms with Crippen molar-refractivity contribution in [2.45, 2.75) is 56.9 Å². The first-order valence-electron chi connectivity index (χ1n) is 14.0. The lowest BCUT2D eigenvalue weighted by Gasteiger charge is -2.57. The highest BCUT2D eigenvalue weighted by molar-refractivity contribution is 6.31. The van der Waals surface area contributed by atoms with Crippen molar-refractivity contribution in [2.75, 3.05) is 23.9 Å². The number of anilines is 3. The number of ether oxygens (including phenoxy) is 1. The van der Waals surface area contributed by atoms with Crippen LogP contribution in [-0.4, -0.2) is 24.6 Å². The molecular formula is C32H34ClN3O2. The van der Waals surface area contributed by atoms with Crippen molar-refractivity contribution in [3.05, 3.63) is 82.0 Å². The van der Waals surface area contributed by atoms with Crippen molar-refractivity contribution >= 4 is 34.8 Å². The van der Waals surface area contributed by atoms with Gasteiger partial charge >= 0.3 is 5.97 Å². The Kier molecular flexibility index (Phi) is 5.88. The molecule has 196 valence electrons. The number of rotatable bonds is 6. The highest BCUT2D eigenvalue weighted by Crippen LogP contribution is 2.61. The van der Waals surface area contributed by atoms with Crippen LogP contribution in [0, 0.1) is 17.8 Å². The zero-order valence-electron chi connectivity index (χ0n) is 21.9. The summed E-state index contributed by atoms with van der Waals surface area (Å²) in [5.74, 6) is 2.87. The Balaban J connectivity index is 1.11. The molecule has 1 aliphatic heterocycles. The molecule has 4 saturated carbocycles. The van der Waals surface area contributed by atoms with E-state index in [0.29, 0.717) is 16.8 Å². The Bertz CT molecular complexity index is 1370. The van der Waals surface area contributed by atoms with Crippen molar-refractivity contribution in [1.82, 2.24) is 4.98 Å². The van der Waals surface area contributed by atoms with Gasteiger partial charge in [-0.05, 0) is 115 Å². The van der Waals surface area contributed by atoms with Crippen LogP contribution in [0.1, 0.15) is 65.6 Å². The number of carbonyl (C=O) groups excluding carboxylic acids is 1. The third kappa shape index (κ3) is 4.16. The Morgan fingerprint density at radius 2 is 1.84 bits per heavy atom. The molecule has 0 radical (unpaired) electrons. The summed E-state index contributed by atoms with van der Waals surface area (Å²) >= 11 is 6.98. The first-order chi connectivity index (χ1) is 18.5. The van der Waals surface area contributed by atoms with Crippen molar-refractivity contribution in [3.8, 4) is 0 Å². The van der Waals surface area contributed by atoms with E-state index in [-0.39, 0.29) is 0 Å². The molecule has 5 nitrogen and oxygen atoms in total. The molecule has 0 unspecified atom stereocenters. The Labute approximate surface area is 229 Å². The van der Waals surface area contributed by atoms with Gasteiger partial charge in [0.1, 0.15) is 11.4 Å². The average Bonchev–Trinajstić information content (AvgIpc) is 3.31. The second-order valence-electron chi connectivity index (χ2n) is 12.0. The summed E-state index contributed by atoms with van der Waals surface area (Å²) in [4.78, 5) is 19.0. The molecule has 0 atom stereocenters. The Morgan fingerprint density at radius 1 is 1.08 bits per heavy atom. The topological polar surface area (TPSA) is 54.5 Å². The molecule has 4 bridgehead atoms. The van der Waals surface area contributed by atoms with Crippen LogP contribution in [0.4, 0.5) is 17.2 Å². The molecule has 2 aromatic carbocycles. The van der Waals surface area contributed by atoms with Crippen molar-refractivity contribution in [2.24, 2.45) is 17.8 Å². The fourth-order valence-electron chi connectivity index (χ4n) is 8.28. The predicted molar refractivity (Wildman–Crippen MR) is 151 cm³/mol. The number of pyridine rings is 1. The van der Waals surface area contributed by atoms with Crippen LogP contribution < -0.4 is 10.2 Å². The third-order valence-electron chi connectivity index (χ3n) is 9.62. The van der Waals surface area contributed by atoms with Gasteiger partial charge in [0, 0.05) is 35.7 Å². The van der Waals surface area contributed by atoms with Crippen LogP contribution in [0.3, 0.4) is 0 Å². The zero-order chi connectivity index (χ0) is 25.9. The number of carbonyl (C=O) groups is 1. The number of nitrogens with one attached hydrogen (secondary N) is 1. The van der Waals surface area contributed by atoms with Crippen LogP contribution in [0.2, 0.25) is 5.02 Å². The van der Waals surface area contributed by atoms with Gasteiger partial charge in [-0.25, -0.2) is 9.78 Å². The van der Waals surface area contributed by atoms with E-state index in [1.54, 1.807) is 18.3 Å². The van der Waals surface area contributed by atoms with E-state index in [2.05, 4.69) is 45.5 Å². The van der Waals surface area contributed by atoms with E-state index in [4.69, 9.17) is 16.3 Å². The fraction of sp³-hybridized carbons (Fsp3) is 0.438. The Morgan fingerprint density at radius 3 is 2.55 bits per heavy atom. The summed E-state index contributed by atoms with van der Waals surface area (Å²) < 4.78 is 4.92. The number of aromatic nitrogens is 1. The van der Waals surface area contributed by atoms with Gasteiger partial charge in [0.05, 0.1) is 7.11 Å². The highest BCUT2D eigenvalue weighted by Gasteiger charge is 2.51. The lowest BCUT2D eigenvalue weighted by Crippen LogP contribution is -2.48. The number of halogens is 1. The summed E-state index contributed by atoms with van der Waals surface area (Å²) in [6.45, 7) is 1.75. The minimum atomic E-state index is -0.407. The molecule has 0 saturated heterocycles. The van der Waals surface area contributed by atoms with E-state index < -0.39 is 5.97 Å². The summed E-state index contributed by atoms with van der Waals surface area (Å²) in [7, 11) is 1.38. The summed E-state index contributed by atoms with van der Waals surface area (Å²) in [5, 5.41) is 4.22. The molecule has 4 fully saturated rings. The van der Waals surface area contributed by atoms with Gasteiger partial charge in [-0.2, -0.15) is 0 Å². The first kappa shape index (κ1) is 24.0. The van der Waals surface area contributed by atoms with Crippen LogP contribution in [0.5, 0.6) is 0 Å². The number of methoxy groups -OCH3 is 1. The van der Waals surface area contributed by atoms with E-state index in [0.717, 1.165) is 48.0 Å². The second kappa shape index (κ2) is 9.30. The number of fused-ring (bicyclic) bond motifs is 1.